The van der Waals surface area contributed by atoms with E-state index in [9.17, 15) is 8.42 Å². The molecular weight excluding hydrogens is 413 g/mol. The summed E-state index contributed by atoms with van der Waals surface area (Å²) in [4.78, 5) is 6.30. The van der Waals surface area contributed by atoms with E-state index >= 15 is 0 Å². The molecule has 1 aromatic rings. The molecule has 1 unspecified atom stereocenters. The lowest BCUT2D eigenvalue weighted by Crippen LogP contribution is -2.40. The van der Waals surface area contributed by atoms with E-state index in [1.807, 2.05) is 30.1 Å². The van der Waals surface area contributed by atoms with Crippen molar-refractivity contribution in [3.63, 3.8) is 0 Å². The van der Waals surface area contributed by atoms with Crippen molar-refractivity contribution >= 4 is 39.8 Å². The Labute approximate surface area is 150 Å². The van der Waals surface area contributed by atoms with Crippen molar-refractivity contribution in [1.29, 1.82) is 0 Å². The molecule has 0 bridgehead atoms. The number of aliphatic imine (C=N–C) groups is 1. The Kier molecular flexibility index (Phi) is 7.61. The van der Waals surface area contributed by atoms with Gasteiger partial charge in [0.05, 0.1) is 11.5 Å². The van der Waals surface area contributed by atoms with E-state index in [0.29, 0.717) is 18.1 Å². The number of hydrogen-bond donors (Lipinski definition) is 1. The minimum atomic E-state index is -2.81. The van der Waals surface area contributed by atoms with Crippen LogP contribution in [0.2, 0.25) is 0 Å². The quantitative estimate of drug-likeness (QED) is 0.443. The number of nitrogens with zero attached hydrogens (tertiary/aromatic N) is 2. The molecule has 1 atom stereocenters. The number of hydrogen-bond acceptors (Lipinski definition) is 3. The molecule has 1 aliphatic heterocycles. The predicted molar refractivity (Wildman–Crippen MR) is 101 cm³/mol. The molecule has 1 saturated heterocycles. The number of halogens is 1. The summed E-state index contributed by atoms with van der Waals surface area (Å²) >= 11 is 0. The van der Waals surface area contributed by atoms with E-state index < -0.39 is 9.84 Å². The molecule has 1 N–H and O–H groups in total. The van der Waals surface area contributed by atoms with Gasteiger partial charge in [0.15, 0.2) is 15.8 Å². The van der Waals surface area contributed by atoms with Crippen molar-refractivity contribution in [1.82, 2.24) is 10.2 Å². The number of nitrogens with one attached hydrogen (secondary N) is 1. The first-order chi connectivity index (χ1) is 10.00. The first-order valence-electron chi connectivity index (χ1n) is 7.16. The second kappa shape index (κ2) is 8.71. The highest BCUT2D eigenvalue weighted by atomic mass is 127. The van der Waals surface area contributed by atoms with Crippen molar-refractivity contribution in [2.45, 2.75) is 13.0 Å². The highest BCUT2D eigenvalue weighted by Gasteiger charge is 2.27. The fourth-order valence-electron chi connectivity index (χ4n) is 2.59. The Bertz CT molecular complexity index is 590. The van der Waals surface area contributed by atoms with Gasteiger partial charge in [-0.15, -0.1) is 24.0 Å². The number of benzene rings is 1. The van der Waals surface area contributed by atoms with Crippen molar-refractivity contribution in [2.75, 3.05) is 32.1 Å². The summed E-state index contributed by atoms with van der Waals surface area (Å²) in [5, 5.41) is 3.28. The Morgan fingerprint density at radius 3 is 2.59 bits per heavy atom. The molecule has 1 aliphatic rings. The van der Waals surface area contributed by atoms with Gasteiger partial charge in [-0.05, 0) is 17.9 Å². The first kappa shape index (κ1) is 19.2. The molecule has 124 valence electrons. The van der Waals surface area contributed by atoms with E-state index in [4.69, 9.17) is 0 Å². The van der Waals surface area contributed by atoms with Crippen LogP contribution in [-0.4, -0.2) is 51.4 Å². The topological polar surface area (TPSA) is 61.8 Å². The van der Waals surface area contributed by atoms with Crippen molar-refractivity contribution in [3.8, 4) is 0 Å². The summed E-state index contributed by atoms with van der Waals surface area (Å²) in [6.07, 6.45) is 0.745. The third kappa shape index (κ3) is 5.75. The van der Waals surface area contributed by atoms with Crippen LogP contribution >= 0.6 is 24.0 Å². The maximum Gasteiger partial charge on any atom is 0.193 e. The van der Waals surface area contributed by atoms with Crippen LogP contribution in [0.1, 0.15) is 12.0 Å². The molecule has 1 aromatic carbocycles. The molecule has 1 heterocycles. The van der Waals surface area contributed by atoms with E-state index in [1.165, 1.54) is 5.56 Å². The van der Waals surface area contributed by atoms with Crippen molar-refractivity contribution in [2.24, 2.45) is 10.9 Å². The standard InChI is InChI=1S/C15H23N3O2S.HI/c1-16-15(17-10-14-8-9-21(19,20)12-14)18(2)11-13-6-4-3-5-7-13;/h3-7,14H,8-12H2,1-2H3,(H,16,17);1H. The first-order valence-corrected chi connectivity index (χ1v) is 8.98. The summed E-state index contributed by atoms with van der Waals surface area (Å²) in [7, 11) is 0.913. The normalized spacial score (nSPS) is 20.3. The van der Waals surface area contributed by atoms with Gasteiger partial charge in [-0.2, -0.15) is 0 Å². The second-order valence-electron chi connectivity index (χ2n) is 5.54. The van der Waals surface area contributed by atoms with Crippen molar-refractivity contribution in [3.05, 3.63) is 35.9 Å². The zero-order valence-corrected chi connectivity index (χ0v) is 16.2. The molecular formula is C15H24IN3O2S. The molecule has 1 fully saturated rings. The van der Waals surface area contributed by atoms with Crippen LogP contribution < -0.4 is 5.32 Å². The van der Waals surface area contributed by atoms with Gasteiger partial charge in [0.25, 0.3) is 0 Å². The number of rotatable bonds is 4. The summed E-state index contributed by atoms with van der Waals surface area (Å²) in [5.74, 6) is 1.59. The zero-order valence-electron chi connectivity index (χ0n) is 13.0. The number of guanidine groups is 1. The number of sulfone groups is 1. The highest BCUT2D eigenvalue weighted by molar-refractivity contribution is 14.0. The van der Waals surface area contributed by atoms with Crippen LogP contribution in [0.3, 0.4) is 0 Å². The predicted octanol–water partition coefficient (Wildman–Crippen LogP) is 1.75. The summed E-state index contributed by atoms with van der Waals surface area (Å²) in [6, 6.07) is 10.2. The van der Waals surface area contributed by atoms with Gasteiger partial charge >= 0.3 is 0 Å². The van der Waals surface area contributed by atoms with Crippen LogP contribution in [0, 0.1) is 5.92 Å². The third-order valence-electron chi connectivity index (χ3n) is 3.71. The fraction of sp³-hybridized carbons (Fsp3) is 0.533. The summed E-state index contributed by atoms with van der Waals surface area (Å²) in [5.41, 5.74) is 1.21. The third-order valence-corrected chi connectivity index (χ3v) is 5.55. The molecule has 0 amide bonds. The summed E-state index contributed by atoms with van der Waals surface area (Å²) in [6.45, 7) is 1.43. The Morgan fingerprint density at radius 2 is 2.05 bits per heavy atom. The van der Waals surface area contributed by atoms with Gasteiger partial charge < -0.3 is 10.2 Å². The second-order valence-corrected chi connectivity index (χ2v) is 7.77. The van der Waals surface area contributed by atoms with E-state index in [1.54, 1.807) is 7.05 Å². The van der Waals surface area contributed by atoms with Gasteiger partial charge in [-0.1, -0.05) is 30.3 Å². The maximum atomic E-state index is 11.5. The smallest absolute Gasteiger partial charge is 0.193 e. The lowest BCUT2D eigenvalue weighted by molar-refractivity contribution is 0.463. The Hall–Kier alpha value is -0.830. The van der Waals surface area contributed by atoms with Crippen LogP contribution in [0.5, 0.6) is 0 Å². The van der Waals surface area contributed by atoms with Gasteiger partial charge in [-0.3, -0.25) is 4.99 Å². The minimum Gasteiger partial charge on any atom is -0.356 e. The average Bonchev–Trinajstić information content (AvgIpc) is 2.80. The van der Waals surface area contributed by atoms with E-state index in [0.717, 1.165) is 18.9 Å². The molecule has 2 rings (SSSR count). The van der Waals surface area contributed by atoms with Gasteiger partial charge in [0, 0.05) is 27.2 Å². The monoisotopic (exact) mass is 437 g/mol. The van der Waals surface area contributed by atoms with Gasteiger partial charge in [0.1, 0.15) is 0 Å². The average molecular weight is 437 g/mol. The van der Waals surface area contributed by atoms with E-state index in [-0.39, 0.29) is 29.9 Å². The molecule has 22 heavy (non-hydrogen) atoms. The lowest BCUT2D eigenvalue weighted by atomic mass is 10.1. The molecule has 0 saturated carbocycles. The largest absolute Gasteiger partial charge is 0.356 e. The van der Waals surface area contributed by atoms with Crippen LogP contribution in [0.15, 0.2) is 35.3 Å². The van der Waals surface area contributed by atoms with Crippen LogP contribution in [0.4, 0.5) is 0 Å². The van der Waals surface area contributed by atoms with Crippen molar-refractivity contribution < 1.29 is 8.42 Å². The van der Waals surface area contributed by atoms with Gasteiger partial charge in [-0.25, -0.2) is 8.42 Å². The molecule has 0 aliphatic carbocycles. The van der Waals surface area contributed by atoms with Gasteiger partial charge in [0.2, 0.25) is 0 Å². The molecule has 0 spiro atoms. The SMILES string of the molecule is CN=C(NCC1CCS(=O)(=O)C1)N(C)Cc1ccccc1.I. The minimum absolute atomic E-state index is 0. The van der Waals surface area contributed by atoms with E-state index in [2.05, 4.69) is 22.4 Å². The zero-order chi connectivity index (χ0) is 15.3. The Balaban J connectivity index is 0.00000242. The molecule has 0 radical (unpaired) electrons. The highest BCUT2D eigenvalue weighted by Crippen LogP contribution is 2.17. The maximum absolute atomic E-state index is 11.5. The molecule has 5 nitrogen and oxygen atoms in total. The Morgan fingerprint density at radius 1 is 1.36 bits per heavy atom. The molecule has 7 heteroatoms. The lowest BCUT2D eigenvalue weighted by Gasteiger charge is -2.23. The fourth-order valence-corrected chi connectivity index (χ4v) is 4.45. The summed E-state index contributed by atoms with van der Waals surface area (Å²) < 4.78 is 22.9. The van der Waals surface area contributed by atoms with Crippen LogP contribution in [-0.2, 0) is 16.4 Å². The molecule has 0 aromatic heterocycles. The van der Waals surface area contributed by atoms with Crippen LogP contribution in [0.25, 0.3) is 0 Å².